The maximum Gasteiger partial charge on any atom is 0.0433 e. The average Bonchev–Trinajstić information content (AvgIpc) is 1.91. The zero-order valence-corrected chi connectivity index (χ0v) is 7.03. The lowest BCUT2D eigenvalue weighted by molar-refractivity contribution is 0.215. The molecular weight excluding hydrogens is 114 g/mol. The molecule has 0 radical (unpaired) electrons. The van der Waals surface area contributed by atoms with E-state index in [0.717, 1.165) is 13.2 Å². The van der Waals surface area contributed by atoms with Crippen molar-refractivity contribution in [3.63, 3.8) is 0 Å². The SMILES string of the molecule is CCCNC.CCOC.[HH]. The first-order chi connectivity index (χ1) is 4.33. The van der Waals surface area contributed by atoms with Crippen LogP contribution in [0.25, 0.3) is 0 Å². The van der Waals surface area contributed by atoms with Crippen LogP contribution in [0, 0.1) is 0 Å². The molecule has 0 amide bonds. The van der Waals surface area contributed by atoms with Gasteiger partial charge in [-0.2, -0.15) is 0 Å². The average molecular weight is 135 g/mol. The van der Waals surface area contributed by atoms with E-state index in [1.165, 1.54) is 6.42 Å². The Labute approximate surface area is 60.1 Å². The minimum atomic E-state index is 0. The van der Waals surface area contributed by atoms with Gasteiger partial charge in [0, 0.05) is 15.1 Å². The number of ether oxygens (including phenoxy) is 1. The molecule has 60 valence electrons. The highest BCUT2D eigenvalue weighted by Gasteiger charge is 1.64. The Hall–Kier alpha value is -0.0800. The molecule has 0 spiro atoms. The maximum atomic E-state index is 4.54. The summed E-state index contributed by atoms with van der Waals surface area (Å²) in [6.07, 6.45) is 1.23. The number of nitrogens with one attached hydrogen (secondary N) is 1. The highest BCUT2D eigenvalue weighted by molar-refractivity contribution is 4.28. The van der Waals surface area contributed by atoms with Gasteiger partial charge in [0.2, 0.25) is 0 Å². The van der Waals surface area contributed by atoms with Gasteiger partial charge in [0.15, 0.2) is 0 Å². The van der Waals surface area contributed by atoms with Crippen LogP contribution < -0.4 is 5.32 Å². The molecule has 2 heteroatoms. The smallest absolute Gasteiger partial charge is 0.0433 e. The number of methoxy groups -OCH3 is 1. The fourth-order valence-electron chi connectivity index (χ4n) is 0.250. The second-order valence-electron chi connectivity index (χ2n) is 1.68. The molecule has 1 N–H and O–H groups in total. The van der Waals surface area contributed by atoms with Crippen LogP contribution in [-0.2, 0) is 4.74 Å². The summed E-state index contributed by atoms with van der Waals surface area (Å²) in [5.41, 5.74) is 0. The van der Waals surface area contributed by atoms with Gasteiger partial charge in [-0.05, 0) is 26.9 Å². The van der Waals surface area contributed by atoms with Crippen molar-refractivity contribution in [3.05, 3.63) is 0 Å². The van der Waals surface area contributed by atoms with Crippen molar-refractivity contribution in [3.8, 4) is 0 Å². The number of hydrogen-bond donors (Lipinski definition) is 1. The molecular formula is C7H21NO. The van der Waals surface area contributed by atoms with Gasteiger partial charge < -0.3 is 10.1 Å². The first kappa shape index (κ1) is 11.7. The van der Waals surface area contributed by atoms with Crippen molar-refractivity contribution in [1.29, 1.82) is 0 Å². The zero-order chi connectivity index (χ0) is 7.54. The lowest BCUT2D eigenvalue weighted by Gasteiger charge is -1.84. The Bertz CT molecular complexity index is 32.8. The van der Waals surface area contributed by atoms with Crippen molar-refractivity contribution in [2.75, 3.05) is 27.3 Å². The highest BCUT2D eigenvalue weighted by atomic mass is 16.5. The van der Waals surface area contributed by atoms with Gasteiger partial charge in [0.1, 0.15) is 0 Å². The normalized spacial score (nSPS) is 8.00. The molecule has 0 rings (SSSR count). The molecule has 0 unspecified atom stereocenters. The third kappa shape index (κ3) is 32.6. The van der Waals surface area contributed by atoms with Crippen molar-refractivity contribution in [2.45, 2.75) is 20.3 Å². The van der Waals surface area contributed by atoms with Crippen LogP contribution in [0.5, 0.6) is 0 Å². The van der Waals surface area contributed by atoms with Gasteiger partial charge in [-0.25, -0.2) is 0 Å². The summed E-state index contributed by atoms with van der Waals surface area (Å²) in [5, 5.41) is 3.02. The molecule has 0 saturated carbocycles. The standard InChI is InChI=1S/C4H11N.C3H8O.H2/c1-3-4-5-2;1-3-4-2;/h5H,3-4H2,1-2H3;3H2,1-2H3;1H. The van der Waals surface area contributed by atoms with E-state index in [-0.39, 0.29) is 1.43 Å². The molecule has 0 aliphatic rings. The molecule has 0 bridgehead atoms. The van der Waals surface area contributed by atoms with Gasteiger partial charge >= 0.3 is 0 Å². The third-order valence-electron chi connectivity index (χ3n) is 0.789. The Morgan fingerprint density at radius 2 is 1.89 bits per heavy atom. The predicted molar refractivity (Wildman–Crippen MR) is 43.9 cm³/mol. The van der Waals surface area contributed by atoms with Gasteiger partial charge in [-0.15, -0.1) is 0 Å². The quantitative estimate of drug-likeness (QED) is 0.633. The Kier molecular flexibility index (Phi) is 20.3. The Balaban J connectivity index is -0.0000000910. The number of hydrogen-bond acceptors (Lipinski definition) is 2. The van der Waals surface area contributed by atoms with E-state index in [1.54, 1.807) is 7.11 Å². The molecule has 0 aliphatic carbocycles. The van der Waals surface area contributed by atoms with Crippen LogP contribution in [0.4, 0.5) is 0 Å². The molecule has 2 nitrogen and oxygen atoms in total. The van der Waals surface area contributed by atoms with Gasteiger partial charge in [-0.3, -0.25) is 0 Å². The Morgan fingerprint density at radius 3 is 1.89 bits per heavy atom. The molecule has 0 aromatic rings. The van der Waals surface area contributed by atoms with Crippen LogP contribution in [-0.4, -0.2) is 27.3 Å². The van der Waals surface area contributed by atoms with E-state index in [0.29, 0.717) is 0 Å². The van der Waals surface area contributed by atoms with Crippen molar-refractivity contribution in [2.24, 2.45) is 0 Å². The first-order valence-electron chi connectivity index (χ1n) is 3.46. The summed E-state index contributed by atoms with van der Waals surface area (Å²) >= 11 is 0. The van der Waals surface area contributed by atoms with Crippen LogP contribution in [0.2, 0.25) is 0 Å². The lowest BCUT2D eigenvalue weighted by atomic mass is 10.5. The van der Waals surface area contributed by atoms with Gasteiger partial charge in [0.25, 0.3) is 0 Å². The van der Waals surface area contributed by atoms with E-state index in [2.05, 4.69) is 17.0 Å². The molecule has 0 saturated heterocycles. The minimum absolute atomic E-state index is 0. The summed E-state index contributed by atoms with van der Waals surface area (Å²) in [6.45, 7) is 6.07. The summed E-state index contributed by atoms with van der Waals surface area (Å²) in [6, 6.07) is 0. The van der Waals surface area contributed by atoms with Crippen LogP contribution >= 0.6 is 0 Å². The largest absolute Gasteiger partial charge is 0.385 e. The van der Waals surface area contributed by atoms with Crippen LogP contribution in [0.1, 0.15) is 21.7 Å². The fraction of sp³-hybridized carbons (Fsp3) is 1.00. The first-order valence-corrected chi connectivity index (χ1v) is 3.46. The molecule has 0 aromatic heterocycles. The molecule has 0 aliphatic heterocycles. The van der Waals surface area contributed by atoms with E-state index < -0.39 is 0 Å². The van der Waals surface area contributed by atoms with Crippen molar-refractivity contribution in [1.82, 2.24) is 5.32 Å². The van der Waals surface area contributed by atoms with E-state index in [1.807, 2.05) is 14.0 Å². The van der Waals surface area contributed by atoms with E-state index >= 15 is 0 Å². The van der Waals surface area contributed by atoms with E-state index in [9.17, 15) is 0 Å². The fourth-order valence-corrected chi connectivity index (χ4v) is 0.250. The summed E-state index contributed by atoms with van der Waals surface area (Å²) < 4.78 is 4.54. The highest BCUT2D eigenvalue weighted by Crippen LogP contribution is 1.62. The molecule has 0 fully saturated rings. The van der Waals surface area contributed by atoms with Gasteiger partial charge in [0.05, 0.1) is 0 Å². The topological polar surface area (TPSA) is 21.3 Å². The second-order valence-corrected chi connectivity index (χ2v) is 1.68. The summed E-state index contributed by atoms with van der Waals surface area (Å²) in [4.78, 5) is 0. The summed E-state index contributed by atoms with van der Waals surface area (Å²) in [7, 11) is 3.64. The van der Waals surface area contributed by atoms with Crippen molar-refractivity contribution < 1.29 is 6.16 Å². The molecule has 0 heterocycles. The second kappa shape index (κ2) is 15.7. The third-order valence-corrected chi connectivity index (χ3v) is 0.789. The Morgan fingerprint density at radius 1 is 1.44 bits per heavy atom. The molecule has 9 heavy (non-hydrogen) atoms. The van der Waals surface area contributed by atoms with Gasteiger partial charge in [-0.1, -0.05) is 6.92 Å². The molecule has 0 atom stereocenters. The molecule has 0 aromatic carbocycles. The predicted octanol–water partition coefficient (Wildman–Crippen LogP) is 1.51. The zero-order valence-electron chi connectivity index (χ0n) is 7.03. The minimum Gasteiger partial charge on any atom is -0.385 e. The lowest BCUT2D eigenvalue weighted by Crippen LogP contribution is -2.04. The monoisotopic (exact) mass is 135 g/mol. The van der Waals surface area contributed by atoms with Crippen molar-refractivity contribution >= 4 is 0 Å². The maximum absolute atomic E-state index is 4.54. The summed E-state index contributed by atoms with van der Waals surface area (Å²) in [5.74, 6) is 0. The van der Waals surface area contributed by atoms with Crippen LogP contribution in [0.3, 0.4) is 0 Å². The number of rotatable bonds is 3. The van der Waals surface area contributed by atoms with E-state index in [4.69, 9.17) is 0 Å². The van der Waals surface area contributed by atoms with Crippen LogP contribution in [0.15, 0.2) is 0 Å².